The Labute approximate surface area is 48.4 Å². The van der Waals surface area contributed by atoms with Crippen molar-refractivity contribution in [2.45, 2.75) is 13.3 Å². The number of hydrogen-bond donors (Lipinski definition) is 2. The van der Waals surface area contributed by atoms with Gasteiger partial charge in [-0.05, 0) is 12.1 Å². The topological polar surface area (TPSA) is 66.9 Å². The molecular weight excluding hydrogens is 104 g/mol. The average molecular weight is 114 g/mol. The Balaban J connectivity index is 3.38. The van der Waals surface area contributed by atoms with Crippen LogP contribution in [0, 0.1) is 11.3 Å². The lowest BCUT2D eigenvalue weighted by molar-refractivity contribution is -0.118. The minimum atomic E-state index is -0.346. The molecule has 0 aromatic rings. The number of carbonyl (C=O) groups is 1. The van der Waals surface area contributed by atoms with Crippen LogP contribution in [0.4, 0.5) is 0 Å². The standard InChI is InChI=1S/C5H10N2O/c1-4(3-6)2-5(7)8/h3-4,6H,2H2,1H3,(H2,7,8). The van der Waals surface area contributed by atoms with Gasteiger partial charge < -0.3 is 11.1 Å². The maximum atomic E-state index is 10.1. The summed E-state index contributed by atoms with van der Waals surface area (Å²) < 4.78 is 0. The molecule has 0 aromatic carbocycles. The largest absolute Gasteiger partial charge is 0.370 e. The molecule has 0 spiro atoms. The van der Waals surface area contributed by atoms with E-state index >= 15 is 0 Å². The monoisotopic (exact) mass is 114 g/mol. The zero-order valence-corrected chi connectivity index (χ0v) is 4.85. The van der Waals surface area contributed by atoms with Gasteiger partial charge in [-0.1, -0.05) is 6.92 Å². The maximum Gasteiger partial charge on any atom is 0.218 e. The van der Waals surface area contributed by atoms with Crippen LogP contribution in [-0.2, 0) is 4.79 Å². The third-order valence-electron chi connectivity index (χ3n) is 0.808. The molecule has 0 heterocycles. The Bertz CT molecular complexity index is 101. The van der Waals surface area contributed by atoms with Gasteiger partial charge in [0.25, 0.3) is 0 Å². The van der Waals surface area contributed by atoms with Crippen LogP contribution in [0.15, 0.2) is 0 Å². The van der Waals surface area contributed by atoms with Crippen molar-refractivity contribution in [2.24, 2.45) is 11.7 Å². The molecule has 1 atom stereocenters. The Kier molecular flexibility index (Phi) is 2.84. The predicted octanol–water partition coefficient (Wildman–Crippen LogP) is 0.147. The van der Waals surface area contributed by atoms with E-state index in [1.165, 1.54) is 6.21 Å². The van der Waals surface area contributed by atoms with Gasteiger partial charge in [0, 0.05) is 6.42 Å². The van der Waals surface area contributed by atoms with Gasteiger partial charge in [-0.3, -0.25) is 4.79 Å². The molecular formula is C5H10N2O. The van der Waals surface area contributed by atoms with E-state index in [1.807, 2.05) is 0 Å². The first kappa shape index (κ1) is 7.14. The molecule has 0 saturated carbocycles. The SMILES string of the molecule is CC(C=N)CC(N)=O. The number of hydrogen-bond acceptors (Lipinski definition) is 2. The third-order valence-corrected chi connectivity index (χ3v) is 0.808. The summed E-state index contributed by atoms with van der Waals surface area (Å²) in [6.45, 7) is 1.78. The van der Waals surface area contributed by atoms with Crippen LogP contribution in [0.5, 0.6) is 0 Å². The number of carbonyl (C=O) groups excluding carboxylic acids is 1. The molecule has 0 rings (SSSR count). The minimum absolute atomic E-state index is 0.00694. The van der Waals surface area contributed by atoms with Crippen molar-refractivity contribution >= 4 is 12.1 Å². The summed E-state index contributed by atoms with van der Waals surface area (Å²) >= 11 is 0. The average Bonchev–Trinajstić information content (AvgIpc) is 1.65. The maximum absolute atomic E-state index is 10.1. The Morgan fingerprint density at radius 1 is 2.00 bits per heavy atom. The minimum Gasteiger partial charge on any atom is -0.370 e. The van der Waals surface area contributed by atoms with E-state index in [-0.39, 0.29) is 18.2 Å². The molecule has 3 heteroatoms. The van der Waals surface area contributed by atoms with Gasteiger partial charge in [-0.15, -0.1) is 0 Å². The predicted molar refractivity (Wildman–Crippen MR) is 31.8 cm³/mol. The van der Waals surface area contributed by atoms with Crippen molar-refractivity contribution in [3.8, 4) is 0 Å². The van der Waals surface area contributed by atoms with Crippen molar-refractivity contribution in [2.75, 3.05) is 0 Å². The second-order valence-corrected chi connectivity index (χ2v) is 1.81. The van der Waals surface area contributed by atoms with Crippen LogP contribution in [0.1, 0.15) is 13.3 Å². The fourth-order valence-corrected chi connectivity index (χ4v) is 0.376. The van der Waals surface area contributed by atoms with E-state index in [0.717, 1.165) is 0 Å². The third kappa shape index (κ3) is 3.33. The lowest BCUT2D eigenvalue weighted by Gasteiger charge is -1.96. The van der Waals surface area contributed by atoms with Crippen molar-refractivity contribution in [1.82, 2.24) is 0 Å². The van der Waals surface area contributed by atoms with Gasteiger partial charge in [0.05, 0.1) is 0 Å². The summed E-state index contributed by atoms with van der Waals surface area (Å²) in [7, 11) is 0. The molecule has 0 aliphatic rings. The second-order valence-electron chi connectivity index (χ2n) is 1.81. The summed E-state index contributed by atoms with van der Waals surface area (Å²) in [5, 5.41) is 6.67. The fraction of sp³-hybridized carbons (Fsp3) is 0.600. The molecule has 46 valence electrons. The van der Waals surface area contributed by atoms with E-state index in [0.29, 0.717) is 0 Å². The van der Waals surface area contributed by atoms with Gasteiger partial charge in [0.1, 0.15) is 0 Å². The van der Waals surface area contributed by atoms with Crippen LogP contribution in [-0.4, -0.2) is 12.1 Å². The van der Waals surface area contributed by atoms with Crippen LogP contribution in [0.3, 0.4) is 0 Å². The summed E-state index contributed by atoms with van der Waals surface area (Å²) in [4.78, 5) is 10.1. The van der Waals surface area contributed by atoms with E-state index in [2.05, 4.69) is 0 Å². The highest BCUT2D eigenvalue weighted by Gasteiger charge is 1.99. The molecule has 1 unspecified atom stereocenters. The lowest BCUT2D eigenvalue weighted by atomic mass is 10.1. The molecule has 0 fully saturated rings. The molecule has 0 aliphatic heterocycles. The highest BCUT2D eigenvalue weighted by Crippen LogP contribution is 1.93. The van der Waals surface area contributed by atoms with E-state index in [9.17, 15) is 4.79 Å². The fourth-order valence-electron chi connectivity index (χ4n) is 0.376. The van der Waals surface area contributed by atoms with Gasteiger partial charge in [-0.2, -0.15) is 0 Å². The normalized spacial score (nSPS) is 12.6. The van der Waals surface area contributed by atoms with Gasteiger partial charge in [0.15, 0.2) is 0 Å². The Morgan fingerprint density at radius 3 is 2.62 bits per heavy atom. The van der Waals surface area contributed by atoms with Gasteiger partial charge in [0.2, 0.25) is 5.91 Å². The number of amides is 1. The highest BCUT2D eigenvalue weighted by molar-refractivity contribution is 5.77. The molecule has 0 aliphatic carbocycles. The molecule has 0 radical (unpaired) electrons. The zero-order chi connectivity index (χ0) is 6.57. The van der Waals surface area contributed by atoms with Gasteiger partial charge >= 0.3 is 0 Å². The summed E-state index contributed by atoms with van der Waals surface area (Å²) in [5.74, 6) is -0.353. The second kappa shape index (κ2) is 3.18. The smallest absolute Gasteiger partial charge is 0.218 e. The number of primary amides is 1. The molecule has 0 bridgehead atoms. The Hall–Kier alpha value is -0.860. The first-order valence-corrected chi connectivity index (χ1v) is 2.45. The van der Waals surface area contributed by atoms with Crippen molar-refractivity contribution in [1.29, 1.82) is 5.41 Å². The van der Waals surface area contributed by atoms with E-state index in [1.54, 1.807) is 6.92 Å². The van der Waals surface area contributed by atoms with E-state index in [4.69, 9.17) is 11.1 Å². The number of rotatable bonds is 3. The highest BCUT2D eigenvalue weighted by atomic mass is 16.1. The van der Waals surface area contributed by atoms with Crippen LogP contribution >= 0.6 is 0 Å². The van der Waals surface area contributed by atoms with E-state index < -0.39 is 0 Å². The summed E-state index contributed by atoms with van der Waals surface area (Å²) in [5.41, 5.74) is 4.83. The summed E-state index contributed by atoms with van der Waals surface area (Å²) in [6.07, 6.45) is 1.49. The Morgan fingerprint density at radius 2 is 2.50 bits per heavy atom. The lowest BCUT2D eigenvalue weighted by Crippen LogP contribution is -2.14. The molecule has 1 amide bonds. The van der Waals surface area contributed by atoms with Crippen molar-refractivity contribution < 1.29 is 4.79 Å². The quantitative estimate of drug-likeness (QED) is 0.504. The molecule has 3 N–H and O–H groups in total. The van der Waals surface area contributed by atoms with Crippen LogP contribution < -0.4 is 5.73 Å². The van der Waals surface area contributed by atoms with Crippen LogP contribution in [0.2, 0.25) is 0 Å². The molecule has 0 aromatic heterocycles. The molecule has 3 nitrogen and oxygen atoms in total. The molecule has 0 saturated heterocycles. The van der Waals surface area contributed by atoms with Crippen molar-refractivity contribution in [3.05, 3.63) is 0 Å². The number of nitrogens with one attached hydrogen (secondary N) is 1. The number of nitrogens with two attached hydrogens (primary N) is 1. The van der Waals surface area contributed by atoms with Gasteiger partial charge in [-0.25, -0.2) is 0 Å². The summed E-state index contributed by atoms with van der Waals surface area (Å²) in [6, 6.07) is 0. The first-order valence-electron chi connectivity index (χ1n) is 2.45. The first-order chi connectivity index (χ1) is 3.66. The molecule has 8 heavy (non-hydrogen) atoms. The van der Waals surface area contributed by atoms with Crippen LogP contribution in [0.25, 0.3) is 0 Å². The van der Waals surface area contributed by atoms with Crippen molar-refractivity contribution in [3.63, 3.8) is 0 Å². The zero-order valence-electron chi connectivity index (χ0n) is 4.85.